The summed E-state index contributed by atoms with van der Waals surface area (Å²) in [6.07, 6.45) is 2.61. The first-order valence-corrected chi connectivity index (χ1v) is 11.1. The van der Waals surface area contributed by atoms with Crippen LogP contribution in [0.1, 0.15) is 11.4 Å². The van der Waals surface area contributed by atoms with Gasteiger partial charge in [0.1, 0.15) is 0 Å². The van der Waals surface area contributed by atoms with E-state index in [4.69, 9.17) is 24.4 Å². The zero-order valence-electron chi connectivity index (χ0n) is 19.2. The number of likely N-dealkylation sites (N-methyl/N-ethyl adjacent to an activating group) is 1. The van der Waals surface area contributed by atoms with Crippen molar-refractivity contribution in [2.24, 2.45) is 0 Å². The van der Waals surface area contributed by atoms with Crippen LogP contribution in [0.5, 0.6) is 11.5 Å². The molecule has 0 amide bonds. The number of hydrogen-bond acceptors (Lipinski definition) is 10. The third-order valence-electron chi connectivity index (χ3n) is 6.10. The van der Waals surface area contributed by atoms with E-state index in [1.807, 2.05) is 18.2 Å². The van der Waals surface area contributed by atoms with Gasteiger partial charge < -0.3 is 34.5 Å². The highest BCUT2D eigenvalue weighted by Gasteiger charge is 2.24. The van der Waals surface area contributed by atoms with E-state index in [1.165, 1.54) is 0 Å². The minimum Gasteiger partial charge on any atom is -0.493 e. The molecule has 2 N–H and O–H groups in total. The topological polar surface area (TPSA) is 108 Å². The molecule has 0 bridgehead atoms. The van der Waals surface area contributed by atoms with Gasteiger partial charge in [-0.1, -0.05) is 0 Å². The van der Waals surface area contributed by atoms with Crippen molar-refractivity contribution in [3.63, 3.8) is 0 Å². The van der Waals surface area contributed by atoms with Crippen LogP contribution in [0, 0.1) is 0 Å². The molecule has 2 aromatic heterocycles. The molecule has 174 valence electrons. The van der Waals surface area contributed by atoms with Gasteiger partial charge in [0.05, 0.1) is 38.5 Å². The summed E-state index contributed by atoms with van der Waals surface area (Å²) in [5.74, 6) is 3.14. The molecule has 2 aliphatic heterocycles. The Labute approximate surface area is 192 Å². The van der Waals surface area contributed by atoms with Crippen molar-refractivity contribution in [2.75, 3.05) is 69.1 Å². The molecule has 5 rings (SSSR count). The zero-order valence-corrected chi connectivity index (χ0v) is 19.2. The molecule has 0 radical (unpaired) electrons. The van der Waals surface area contributed by atoms with Gasteiger partial charge >= 0.3 is 0 Å². The van der Waals surface area contributed by atoms with Crippen molar-refractivity contribution in [1.29, 1.82) is 0 Å². The van der Waals surface area contributed by atoms with E-state index in [0.29, 0.717) is 35.9 Å². The number of H-pyrrole nitrogens is 1. The molecule has 0 unspecified atom stereocenters. The lowest BCUT2D eigenvalue weighted by Crippen LogP contribution is -2.45. The van der Waals surface area contributed by atoms with E-state index in [-0.39, 0.29) is 0 Å². The van der Waals surface area contributed by atoms with Crippen LogP contribution >= 0.6 is 0 Å². The molecule has 0 atom stereocenters. The molecule has 0 spiro atoms. The summed E-state index contributed by atoms with van der Waals surface area (Å²) in [4.78, 5) is 28.7. The molecule has 1 saturated heterocycles. The normalized spacial score (nSPS) is 16.5. The van der Waals surface area contributed by atoms with Crippen LogP contribution in [0.2, 0.25) is 0 Å². The van der Waals surface area contributed by atoms with E-state index in [9.17, 15) is 0 Å². The number of fused-ring (bicyclic) bond motifs is 1. The minimum atomic E-state index is 0.497. The smallest absolute Gasteiger partial charge is 0.233 e. The number of hydrogen-bond donors (Lipinski definition) is 2. The summed E-state index contributed by atoms with van der Waals surface area (Å²) in [5, 5.41) is 3.33. The van der Waals surface area contributed by atoms with Crippen molar-refractivity contribution < 1.29 is 9.47 Å². The predicted octanol–water partition coefficient (Wildman–Crippen LogP) is 1.67. The molecule has 3 aromatic rings. The highest BCUT2D eigenvalue weighted by atomic mass is 16.5. The first kappa shape index (κ1) is 21.3. The lowest BCUT2D eigenvalue weighted by Gasteiger charge is -2.33. The summed E-state index contributed by atoms with van der Waals surface area (Å²) in [6, 6.07) is 5.64. The molecule has 33 heavy (non-hydrogen) atoms. The largest absolute Gasteiger partial charge is 0.493 e. The Morgan fingerprint density at radius 3 is 2.42 bits per heavy atom. The zero-order chi connectivity index (χ0) is 22.8. The molecule has 1 aromatic carbocycles. The average molecular weight is 452 g/mol. The van der Waals surface area contributed by atoms with Gasteiger partial charge in [0.15, 0.2) is 11.5 Å². The second-order valence-electron chi connectivity index (χ2n) is 8.24. The van der Waals surface area contributed by atoms with Gasteiger partial charge in [0.25, 0.3) is 0 Å². The van der Waals surface area contributed by atoms with E-state index in [0.717, 1.165) is 56.2 Å². The number of anilines is 4. The number of imidazole rings is 1. The van der Waals surface area contributed by atoms with Gasteiger partial charge in [0, 0.05) is 50.9 Å². The molecule has 11 nitrogen and oxygen atoms in total. The minimum absolute atomic E-state index is 0.497. The van der Waals surface area contributed by atoms with Gasteiger partial charge in [-0.05, 0) is 19.2 Å². The number of aromatic amines is 1. The lowest BCUT2D eigenvalue weighted by molar-refractivity contribution is 0.311. The lowest BCUT2D eigenvalue weighted by atomic mass is 10.1. The molecule has 0 saturated carbocycles. The van der Waals surface area contributed by atoms with Crippen LogP contribution < -0.4 is 24.6 Å². The molecule has 1 fully saturated rings. The Bertz CT molecular complexity index is 1110. The SMILES string of the molecule is COc1ccc(Nc2nc(N3CCN(C)CC3)nc(N3CCc4nc[nH]c4C3)n2)cc1OC. The summed E-state index contributed by atoms with van der Waals surface area (Å²) >= 11 is 0. The second kappa shape index (κ2) is 9.10. The van der Waals surface area contributed by atoms with E-state index >= 15 is 0 Å². The second-order valence-corrected chi connectivity index (χ2v) is 8.24. The number of nitrogens with zero attached hydrogens (tertiary/aromatic N) is 7. The molecule has 11 heteroatoms. The van der Waals surface area contributed by atoms with Crippen LogP contribution in [0.3, 0.4) is 0 Å². The molecular weight excluding hydrogens is 422 g/mol. The number of piperazine rings is 1. The summed E-state index contributed by atoms with van der Waals surface area (Å²) in [6.45, 7) is 5.19. The van der Waals surface area contributed by atoms with Crippen LogP contribution in [0.25, 0.3) is 0 Å². The Morgan fingerprint density at radius 1 is 0.909 bits per heavy atom. The third-order valence-corrected chi connectivity index (χ3v) is 6.10. The average Bonchev–Trinajstić information content (AvgIpc) is 3.32. The maximum absolute atomic E-state index is 5.44. The Kier molecular flexibility index (Phi) is 5.86. The molecular formula is C22H29N9O2. The van der Waals surface area contributed by atoms with Gasteiger partial charge in [-0.25, -0.2) is 4.98 Å². The van der Waals surface area contributed by atoms with Crippen molar-refractivity contribution in [2.45, 2.75) is 13.0 Å². The van der Waals surface area contributed by atoms with Gasteiger partial charge in [-0.15, -0.1) is 0 Å². The van der Waals surface area contributed by atoms with Gasteiger partial charge in [-0.3, -0.25) is 0 Å². The summed E-state index contributed by atoms with van der Waals surface area (Å²) < 4.78 is 10.8. The Hall–Kier alpha value is -3.60. The number of nitrogens with one attached hydrogen (secondary N) is 2. The van der Waals surface area contributed by atoms with Crippen molar-refractivity contribution in [1.82, 2.24) is 29.8 Å². The Balaban J connectivity index is 1.46. The quantitative estimate of drug-likeness (QED) is 0.575. The maximum atomic E-state index is 5.44. The maximum Gasteiger partial charge on any atom is 0.233 e. The van der Waals surface area contributed by atoms with E-state index < -0.39 is 0 Å². The Morgan fingerprint density at radius 2 is 1.67 bits per heavy atom. The van der Waals surface area contributed by atoms with E-state index in [2.05, 4.69) is 37.0 Å². The van der Waals surface area contributed by atoms with Crippen molar-refractivity contribution in [3.8, 4) is 11.5 Å². The molecule has 0 aliphatic carbocycles. The summed E-state index contributed by atoms with van der Waals surface area (Å²) in [7, 11) is 5.37. The fraction of sp³-hybridized carbons (Fsp3) is 0.455. The van der Waals surface area contributed by atoms with Gasteiger partial charge in [0.2, 0.25) is 17.8 Å². The first-order chi connectivity index (χ1) is 16.1. The standard InChI is InChI=1S/C22H29N9O2/c1-29-8-10-30(11-9-29)21-26-20(25-15-4-5-18(32-2)19(12-15)33-3)27-22(28-21)31-7-6-16-17(13-31)24-14-23-16/h4-5,12,14H,6-11,13H2,1-3H3,(H,23,24)(H,25,26,27,28). The van der Waals surface area contributed by atoms with Crippen LogP contribution in [-0.4, -0.2) is 83.8 Å². The number of aromatic nitrogens is 5. The first-order valence-electron chi connectivity index (χ1n) is 11.1. The highest BCUT2D eigenvalue weighted by Crippen LogP contribution is 2.31. The third kappa shape index (κ3) is 4.49. The van der Waals surface area contributed by atoms with Crippen LogP contribution in [-0.2, 0) is 13.0 Å². The monoisotopic (exact) mass is 451 g/mol. The number of ether oxygens (including phenoxy) is 2. The number of benzene rings is 1. The predicted molar refractivity (Wildman–Crippen MR) is 126 cm³/mol. The van der Waals surface area contributed by atoms with Crippen molar-refractivity contribution >= 4 is 23.5 Å². The van der Waals surface area contributed by atoms with Gasteiger partial charge in [-0.2, -0.15) is 15.0 Å². The fourth-order valence-corrected chi connectivity index (χ4v) is 4.13. The highest BCUT2D eigenvalue weighted by molar-refractivity contribution is 5.61. The van der Waals surface area contributed by atoms with Crippen LogP contribution in [0.4, 0.5) is 23.5 Å². The van der Waals surface area contributed by atoms with Crippen LogP contribution in [0.15, 0.2) is 24.5 Å². The fourth-order valence-electron chi connectivity index (χ4n) is 4.13. The number of rotatable bonds is 6. The molecule has 4 heterocycles. The molecule has 2 aliphatic rings. The van der Waals surface area contributed by atoms with E-state index in [1.54, 1.807) is 20.5 Å². The number of methoxy groups -OCH3 is 2. The summed E-state index contributed by atoms with van der Waals surface area (Å²) in [5.41, 5.74) is 3.03. The van der Waals surface area contributed by atoms with Crippen molar-refractivity contribution in [3.05, 3.63) is 35.9 Å².